The fourth-order valence-electron chi connectivity index (χ4n) is 0.762. The van der Waals surface area contributed by atoms with Crippen LogP contribution in [0.2, 0.25) is 0 Å². The van der Waals surface area contributed by atoms with E-state index in [1.54, 1.807) is 0 Å². The van der Waals surface area contributed by atoms with Crippen LogP contribution in [0.15, 0.2) is 16.6 Å². The van der Waals surface area contributed by atoms with E-state index in [1.807, 2.05) is 0 Å². The van der Waals surface area contributed by atoms with Crippen molar-refractivity contribution in [1.29, 1.82) is 0 Å². The molecule has 0 aliphatic rings. The van der Waals surface area contributed by atoms with E-state index in [0.29, 0.717) is 4.47 Å². The molecule has 3 N–H and O–H groups in total. The molecular formula is C7H6BrClFNO2. The summed E-state index contributed by atoms with van der Waals surface area (Å²) in [6, 6.07) is 2.36. The zero-order valence-corrected chi connectivity index (χ0v) is 8.65. The van der Waals surface area contributed by atoms with E-state index in [9.17, 15) is 9.18 Å². The largest absolute Gasteiger partial charge is 0.478 e. The first kappa shape index (κ1) is 12.2. The number of carbonyl (C=O) groups is 1. The highest BCUT2D eigenvalue weighted by molar-refractivity contribution is 9.10. The van der Waals surface area contributed by atoms with Crippen LogP contribution < -0.4 is 5.73 Å². The molecule has 13 heavy (non-hydrogen) atoms. The standard InChI is InChI=1S/C7H5BrFNO2.ClH/c8-3-1-4(7(11)12)6(10)5(9)2-3;/h1-2H,10H2,(H,11,12);1H. The van der Waals surface area contributed by atoms with Gasteiger partial charge in [-0.1, -0.05) is 15.9 Å². The number of anilines is 1. The SMILES string of the molecule is Cl.Nc1c(F)cc(Br)cc1C(=O)O. The Morgan fingerprint density at radius 2 is 2.08 bits per heavy atom. The number of carboxylic acids is 1. The first-order chi connectivity index (χ1) is 5.52. The fraction of sp³-hybridized carbons (Fsp3) is 0. The van der Waals surface area contributed by atoms with Gasteiger partial charge in [-0.25, -0.2) is 9.18 Å². The molecule has 0 aliphatic carbocycles. The maximum absolute atomic E-state index is 12.8. The van der Waals surface area contributed by atoms with Crippen LogP contribution in [0, 0.1) is 5.82 Å². The van der Waals surface area contributed by atoms with Crippen molar-refractivity contribution in [2.75, 3.05) is 5.73 Å². The first-order valence-corrected chi connectivity index (χ1v) is 3.79. The van der Waals surface area contributed by atoms with E-state index in [1.165, 1.54) is 6.07 Å². The smallest absolute Gasteiger partial charge is 0.337 e. The molecule has 6 heteroatoms. The number of nitrogen functional groups attached to an aromatic ring is 1. The molecule has 0 atom stereocenters. The summed E-state index contributed by atoms with van der Waals surface area (Å²) in [4.78, 5) is 10.5. The van der Waals surface area contributed by atoms with E-state index in [-0.39, 0.29) is 23.7 Å². The number of hydrogen-bond donors (Lipinski definition) is 2. The minimum absolute atomic E-state index is 0. The Labute approximate surface area is 88.3 Å². The van der Waals surface area contributed by atoms with E-state index in [4.69, 9.17) is 10.8 Å². The Morgan fingerprint density at radius 3 is 2.54 bits per heavy atom. The highest BCUT2D eigenvalue weighted by atomic mass is 79.9. The zero-order valence-electron chi connectivity index (χ0n) is 6.25. The Kier molecular flexibility index (Phi) is 4.16. The number of benzene rings is 1. The minimum Gasteiger partial charge on any atom is -0.478 e. The third-order valence-corrected chi connectivity index (χ3v) is 1.78. The Hall–Kier alpha value is -0.810. The normalized spacial score (nSPS) is 9.08. The summed E-state index contributed by atoms with van der Waals surface area (Å²) in [6.07, 6.45) is 0. The number of halogens is 3. The Balaban J connectivity index is 0.00000144. The van der Waals surface area contributed by atoms with Gasteiger partial charge >= 0.3 is 5.97 Å². The average Bonchev–Trinajstić information content (AvgIpc) is 1.96. The van der Waals surface area contributed by atoms with Crippen molar-refractivity contribution in [3.05, 3.63) is 28.0 Å². The van der Waals surface area contributed by atoms with Gasteiger partial charge < -0.3 is 10.8 Å². The molecule has 1 aromatic rings. The molecule has 0 fully saturated rings. The van der Waals surface area contributed by atoms with Crippen LogP contribution in [0.25, 0.3) is 0 Å². The Morgan fingerprint density at radius 1 is 1.54 bits per heavy atom. The maximum Gasteiger partial charge on any atom is 0.337 e. The van der Waals surface area contributed by atoms with Crippen LogP contribution in [0.5, 0.6) is 0 Å². The maximum atomic E-state index is 12.8. The second-order valence-corrected chi connectivity index (χ2v) is 3.07. The molecule has 1 rings (SSSR count). The molecule has 0 saturated carbocycles. The number of aromatic carboxylic acids is 1. The van der Waals surface area contributed by atoms with Crippen LogP contribution in [0.1, 0.15) is 10.4 Å². The van der Waals surface area contributed by atoms with Crippen molar-refractivity contribution in [1.82, 2.24) is 0 Å². The molecular weight excluding hydrogens is 264 g/mol. The summed E-state index contributed by atoms with van der Waals surface area (Å²) in [5, 5.41) is 8.55. The van der Waals surface area contributed by atoms with Gasteiger partial charge in [-0.05, 0) is 12.1 Å². The summed E-state index contributed by atoms with van der Waals surface area (Å²) in [5.74, 6) is -1.98. The average molecular weight is 270 g/mol. The fourth-order valence-corrected chi connectivity index (χ4v) is 1.19. The molecule has 0 spiro atoms. The van der Waals surface area contributed by atoms with Crippen molar-refractivity contribution in [2.45, 2.75) is 0 Å². The van der Waals surface area contributed by atoms with Crippen molar-refractivity contribution >= 4 is 40.0 Å². The van der Waals surface area contributed by atoms with Crippen LogP contribution in [-0.4, -0.2) is 11.1 Å². The molecule has 0 aliphatic heterocycles. The van der Waals surface area contributed by atoms with Crippen LogP contribution in [0.4, 0.5) is 10.1 Å². The summed E-state index contributed by atoms with van der Waals surface area (Å²) in [7, 11) is 0. The summed E-state index contributed by atoms with van der Waals surface area (Å²) < 4.78 is 13.1. The van der Waals surface area contributed by atoms with E-state index in [0.717, 1.165) is 6.07 Å². The lowest BCUT2D eigenvalue weighted by Gasteiger charge is -2.01. The molecule has 0 saturated heterocycles. The minimum atomic E-state index is -1.24. The quantitative estimate of drug-likeness (QED) is 0.770. The van der Waals surface area contributed by atoms with Gasteiger partial charge in [-0.3, -0.25) is 0 Å². The van der Waals surface area contributed by atoms with E-state index in [2.05, 4.69) is 15.9 Å². The highest BCUT2D eigenvalue weighted by Crippen LogP contribution is 2.22. The number of rotatable bonds is 1. The summed E-state index contributed by atoms with van der Waals surface area (Å²) in [5.41, 5.74) is 4.60. The van der Waals surface area contributed by atoms with Gasteiger partial charge in [-0.15, -0.1) is 12.4 Å². The number of carboxylic acid groups (broad SMARTS) is 1. The molecule has 0 aromatic heterocycles. The van der Waals surface area contributed by atoms with Gasteiger partial charge in [0.25, 0.3) is 0 Å². The predicted octanol–water partition coefficient (Wildman–Crippen LogP) is 2.29. The molecule has 0 unspecified atom stereocenters. The van der Waals surface area contributed by atoms with Crippen LogP contribution in [-0.2, 0) is 0 Å². The van der Waals surface area contributed by atoms with E-state index >= 15 is 0 Å². The van der Waals surface area contributed by atoms with Crippen LogP contribution >= 0.6 is 28.3 Å². The molecule has 1 aromatic carbocycles. The predicted molar refractivity (Wildman–Crippen MR) is 52.7 cm³/mol. The topological polar surface area (TPSA) is 63.3 Å². The lowest BCUT2D eigenvalue weighted by Crippen LogP contribution is -2.04. The molecule has 0 bridgehead atoms. The van der Waals surface area contributed by atoms with Crippen molar-refractivity contribution in [3.63, 3.8) is 0 Å². The zero-order chi connectivity index (χ0) is 9.30. The number of hydrogen-bond acceptors (Lipinski definition) is 2. The summed E-state index contributed by atoms with van der Waals surface area (Å²) in [6.45, 7) is 0. The summed E-state index contributed by atoms with van der Waals surface area (Å²) >= 11 is 2.96. The molecule has 0 amide bonds. The third kappa shape index (κ3) is 2.57. The van der Waals surface area contributed by atoms with Crippen LogP contribution in [0.3, 0.4) is 0 Å². The first-order valence-electron chi connectivity index (χ1n) is 3.00. The highest BCUT2D eigenvalue weighted by Gasteiger charge is 2.12. The van der Waals surface area contributed by atoms with Crippen molar-refractivity contribution in [3.8, 4) is 0 Å². The van der Waals surface area contributed by atoms with Gasteiger partial charge in [-0.2, -0.15) is 0 Å². The lowest BCUT2D eigenvalue weighted by molar-refractivity contribution is 0.0697. The molecule has 0 heterocycles. The van der Waals surface area contributed by atoms with Gasteiger partial charge in [0.2, 0.25) is 0 Å². The van der Waals surface area contributed by atoms with Gasteiger partial charge in [0, 0.05) is 4.47 Å². The van der Waals surface area contributed by atoms with Gasteiger partial charge in [0.05, 0.1) is 11.3 Å². The van der Waals surface area contributed by atoms with E-state index < -0.39 is 11.8 Å². The molecule has 0 radical (unpaired) electrons. The Bertz CT molecular complexity index is 346. The molecule has 3 nitrogen and oxygen atoms in total. The van der Waals surface area contributed by atoms with Gasteiger partial charge in [0.1, 0.15) is 5.82 Å². The lowest BCUT2D eigenvalue weighted by atomic mass is 10.2. The third-order valence-electron chi connectivity index (χ3n) is 1.32. The molecule has 72 valence electrons. The second-order valence-electron chi connectivity index (χ2n) is 2.15. The van der Waals surface area contributed by atoms with Crippen molar-refractivity contribution in [2.24, 2.45) is 0 Å². The second kappa shape index (κ2) is 4.43. The van der Waals surface area contributed by atoms with Gasteiger partial charge in [0.15, 0.2) is 0 Å². The number of nitrogens with two attached hydrogens (primary N) is 1. The van der Waals surface area contributed by atoms with Crippen molar-refractivity contribution < 1.29 is 14.3 Å². The monoisotopic (exact) mass is 269 g/mol.